The second-order valence-electron chi connectivity index (χ2n) is 11.0. The lowest BCUT2D eigenvalue weighted by Crippen LogP contribution is -2.48. The zero-order chi connectivity index (χ0) is 27.0. The van der Waals surface area contributed by atoms with Crippen molar-refractivity contribution in [3.63, 3.8) is 0 Å². The Morgan fingerprint density at radius 3 is 2.68 bits per heavy atom. The van der Waals surface area contributed by atoms with Crippen molar-refractivity contribution in [3.8, 4) is 5.00 Å². The quantitative estimate of drug-likeness (QED) is 0.574. The minimum Gasteiger partial charge on any atom is -0.354 e. The molecule has 7 nitrogen and oxygen atoms in total. The summed E-state index contributed by atoms with van der Waals surface area (Å²) < 4.78 is 2.25. The molecule has 4 heterocycles. The van der Waals surface area contributed by atoms with Crippen molar-refractivity contribution in [2.24, 2.45) is 11.8 Å². The summed E-state index contributed by atoms with van der Waals surface area (Å²) in [7, 11) is 2.13. The molecule has 9 heteroatoms. The van der Waals surface area contributed by atoms with E-state index in [0.717, 1.165) is 55.7 Å². The van der Waals surface area contributed by atoms with Crippen LogP contribution in [0.2, 0.25) is 0 Å². The summed E-state index contributed by atoms with van der Waals surface area (Å²) in [6.07, 6.45) is 10.7. The molecule has 3 unspecified atom stereocenters. The first-order valence-electron chi connectivity index (χ1n) is 13.7. The van der Waals surface area contributed by atoms with Crippen molar-refractivity contribution in [1.82, 2.24) is 29.9 Å². The van der Waals surface area contributed by atoms with Gasteiger partial charge in [0.25, 0.3) is 0 Å². The van der Waals surface area contributed by atoms with Gasteiger partial charge in [-0.25, -0.2) is 0 Å². The fraction of sp³-hybridized carbons (Fsp3) is 0.552. The number of carbonyl (C=O) groups is 1. The largest absolute Gasteiger partial charge is 0.354 e. The molecule has 1 aliphatic carbocycles. The van der Waals surface area contributed by atoms with Gasteiger partial charge in [0.1, 0.15) is 16.6 Å². The van der Waals surface area contributed by atoms with Gasteiger partial charge in [-0.3, -0.25) is 14.3 Å². The summed E-state index contributed by atoms with van der Waals surface area (Å²) in [6, 6.07) is 0. The lowest BCUT2D eigenvalue weighted by molar-refractivity contribution is -0.122. The number of nitrogens with zero attached hydrogens (tertiary/aromatic N) is 5. The van der Waals surface area contributed by atoms with Crippen LogP contribution in [0.1, 0.15) is 53.3 Å². The Kier molecular flexibility index (Phi) is 8.24. The van der Waals surface area contributed by atoms with E-state index in [-0.39, 0.29) is 17.7 Å². The predicted molar refractivity (Wildman–Crippen MR) is 156 cm³/mol. The van der Waals surface area contributed by atoms with Gasteiger partial charge in [0.2, 0.25) is 5.91 Å². The van der Waals surface area contributed by atoms with Crippen LogP contribution in [0.15, 0.2) is 29.3 Å². The standard InChI is InChI=1S/C29H39ClN6OS/c1-18-15-23(30)9-10-24(18)25-8-6-7-22(16-31-26(37)17-35-13-11-34(5)12-14-35)28-33-32-21(4)36(28)29-27(25)19(2)20(3)38-29/h8-10,15,18,22,24H,6-7,11-14,16-17H2,1-5H3,(H,31,37)/b25-8-. The van der Waals surface area contributed by atoms with E-state index in [1.54, 1.807) is 0 Å². The minimum atomic E-state index is 0.0764. The molecule has 2 aliphatic heterocycles. The van der Waals surface area contributed by atoms with Gasteiger partial charge in [0.05, 0.1) is 6.54 Å². The highest BCUT2D eigenvalue weighted by Gasteiger charge is 2.31. The fourth-order valence-electron chi connectivity index (χ4n) is 5.84. The maximum Gasteiger partial charge on any atom is 0.234 e. The smallest absolute Gasteiger partial charge is 0.234 e. The monoisotopic (exact) mass is 554 g/mol. The summed E-state index contributed by atoms with van der Waals surface area (Å²) >= 11 is 8.16. The van der Waals surface area contributed by atoms with Gasteiger partial charge in [-0.15, -0.1) is 21.5 Å². The average molecular weight is 555 g/mol. The minimum absolute atomic E-state index is 0.0764. The number of hydrogen-bond donors (Lipinski definition) is 1. The number of aryl methyl sites for hydroxylation is 2. The third-order valence-corrected chi connectivity index (χ3v) is 9.72. The zero-order valence-electron chi connectivity index (χ0n) is 23.1. The third kappa shape index (κ3) is 5.55. The Balaban J connectivity index is 1.44. The maximum absolute atomic E-state index is 12.9. The molecule has 0 saturated carbocycles. The lowest BCUT2D eigenvalue weighted by atomic mass is 9.79. The molecule has 1 fully saturated rings. The Labute approximate surface area is 235 Å². The third-order valence-electron chi connectivity index (χ3n) is 8.27. The highest BCUT2D eigenvalue weighted by atomic mass is 35.5. The molecule has 1 N–H and O–H groups in total. The number of allylic oxidation sites excluding steroid dienone is 6. The van der Waals surface area contributed by atoms with Crippen molar-refractivity contribution in [3.05, 3.63) is 57.0 Å². The van der Waals surface area contributed by atoms with Gasteiger partial charge in [0, 0.05) is 60.0 Å². The molecule has 204 valence electrons. The number of nitrogens with one attached hydrogen (secondary N) is 1. The van der Waals surface area contributed by atoms with E-state index in [1.807, 2.05) is 24.3 Å². The molecule has 38 heavy (non-hydrogen) atoms. The van der Waals surface area contributed by atoms with E-state index < -0.39 is 0 Å². The fourth-order valence-corrected chi connectivity index (χ4v) is 7.34. The van der Waals surface area contributed by atoms with E-state index in [4.69, 9.17) is 11.6 Å². The molecule has 1 saturated heterocycles. The maximum atomic E-state index is 12.9. The highest BCUT2D eigenvalue weighted by molar-refractivity contribution is 7.15. The molecule has 2 aromatic heterocycles. The number of carbonyl (C=O) groups excluding carboxylic acids is 1. The number of likely N-dealkylation sites (N-methyl/N-ethyl adjacent to an activating group) is 1. The number of rotatable bonds is 5. The number of piperazine rings is 1. The highest BCUT2D eigenvalue weighted by Crippen LogP contribution is 2.45. The second-order valence-corrected chi connectivity index (χ2v) is 12.7. The summed E-state index contributed by atoms with van der Waals surface area (Å²) in [5, 5.41) is 14.4. The van der Waals surface area contributed by atoms with Crippen LogP contribution >= 0.6 is 22.9 Å². The molecule has 1 amide bonds. The molecule has 3 aliphatic rings. The van der Waals surface area contributed by atoms with Gasteiger partial charge in [-0.1, -0.05) is 36.8 Å². The van der Waals surface area contributed by atoms with Crippen LogP contribution in [0.25, 0.3) is 10.6 Å². The molecule has 0 bridgehead atoms. The lowest BCUT2D eigenvalue weighted by Gasteiger charge is -2.31. The molecule has 0 radical (unpaired) electrons. The van der Waals surface area contributed by atoms with Crippen LogP contribution in [0.3, 0.4) is 0 Å². The van der Waals surface area contributed by atoms with E-state index in [1.165, 1.54) is 26.6 Å². The Morgan fingerprint density at radius 1 is 1.18 bits per heavy atom. The number of hydrogen-bond acceptors (Lipinski definition) is 6. The van der Waals surface area contributed by atoms with E-state index in [0.29, 0.717) is 19.0 Å². The van der Waals surface area contributed by atoms with E-state index in [9.17, 15) is 4.79 Å². The normalized spacial score (nSPS) is 25.9. The summed E-state index contributed by atoms with van der Waals surface area (Å²) in [5.74, 6) is 2.54. The van der Waals surface area contributed by atoms with Crippen molar-refractivity contribution < 1.29 is 4.79 Å². The predicted octanol–water partition coefficient (Wildman–Crippen LogP) is 4.82. The van der Waals surface area contributed by atoms with Gasteiger partial charge in [0.15, 0.2) is 0 Å². The molecular weight excluding hydrogens is 516 g/mol. The van der Waals surface area contributed by atoms with Crippen LogP contribution in [0.5, 0.6) is 0 Å². The number of amides is 1. The van der Waals surface area contributed by atoms with Gasteiger partial charge >= 0.3 is 0 Å². The number of halogens is 1. The summed E-state index contributed by atoms with van der Waals surface area (Å²) in [4.78, 5) is 18.7. The zero-order valence-corrected chi connectivity index (χ0v) is 24.7. The Morgan fingerprint density at radius 2 is 1.95 bits per heavy atom. The number of aromatic nitrogens is 3. The van der Waals surface area contributed by atoms with Crippen LogP contribution in [-0.4, -0.2) is 76.8 Å². The first kappa shape index (κ1) is 27.3. The van der Waals surface area contributed by atoms with Crippen molar-refractivity contribution in [1.29, 1.82) is 0 Å². The van der Waals surface area contributed by atoms with Crippen molar-refractivity contribution in [2.45, 2.75) is 46.5 Å². The van der Waals surface area contributed by atoms with Gasteiger partial charge in [-0.05, 0) is 63.8 Å². The van der Waals surface area contributed by atoms with Gasteiger partial charge in [-0.2, -0.15) is 0 Å². The van der Waals surface area contributed by atoms with Crippen LogP contribution in [0.4, 0.5) is 0 Å². The Hall–Kier alpha value is -2.26. The molecule has 5 rings (SSSR count). The van der Waals surface area contributed by atoms with Crippen LogP contribution in [0, 0.1) is 32.6 Å². The molecule has 0 aromatic carbocycles. The number of fused-ring (bicyclic) bond motifs is 3. The Bertz CT molecular complexity index is 1280. The molecule has 0 spiro atoms. The van der Waals surface area contributed by atoms with Crippen molar-refractivity contribution in [2.75, 3.05) is 46.3 Å². The topological polar surface area (TPSA) is 66.3 Å². The molecule has 2 aromatic rings. The molecular formula is C29H39ClN6OS. The first-order valence-corrected chi connectivity index (χ1v) is 14.9. The van der Waals surface area contributed by atoms with E-state index in [2.05, 4.69) is 75.9 Å². The summed E-state index contributed by atoms with van der Waals surface area (Å²) in [6.45, 7) is 13.6. The average Bonchev–Trinajstić information content (AvgIpc) is 3.40. The van der Waals surface area contributed by atoms with Crippen LogP contribution < -0.4 is 5.32 Å². The van der Waals surface area contributed by atoms with E-state index >= 15 is 0 Å². The van der Waals surface area contributed by atoms with Crippen LogP contribution in [-0.2, 0) is 4.79 Å². The SMILES string of the molecule is Cc1sc2c(c1C)/C(C1C=CC(Cl)=CC1C)=C\CCC(CNC(=O)CN1CCN(C)CC1)c1nnc(C)n1-2. The second kappa shape index (κ2) is 11.5. The van der Waals surface area contributed by atoms with Crippen molar-refractivity contribution >= 4 is 34.4 Å². The number of thiophene rings is 1. The first-order chi connectivity index (χ1) is 18.2. The van der Waals surface area contributed by atoms with Gasteiger partial charge < -0.3 is 10.2 Å². The molecule has 3 atom stereocenters. The summed E-state index contributed by atoms with van der Waals surface area (Å²) in [5.41, 5.74) is 3.96.